The van der Waals surface area contributed by atoms with E-state index in [0.717, 1.165) is 13.1 Å². The Labute approximate surface area is 187 Å². The van der Waals surface area contributed by atoms with Crippen molar-refractivity contribution >= 4 is 17.6 Å². The van der Waals surface area contributed by atoms with Crippen molar-refractivity contribution in [2.24, 2.45) is 4.99 Å². The number of amides is 1. The average molecular weight is 446 g/mol. The number of piperazine rings is 1. The number of nitrogens with zero attached hydrogens (tertiary/aromatic N) is 3. The van der Waals surface area contributed by atoms with Crippen molar-refractivity contribution in [1.29, 1.82) is 0 Å². The van der Waals surface area contributed by atoms with Crippen LogP contribution in [0.1, 0.15) is 12.0 Å². The van der Waals surface area contributed by atoms with Gasteiger partial charge in [-0.05, 0) is 18.2 Å². The second-order valence-corrected chi connectivity index (χ2v) is 7.29. The fourth-order valence-electron chi connectivity index (χ4n) is 3.56. The van der Waals surface area contributed by atoms with Crippen LogP contribution in [0, 0.1) is 0 Å². The van der Waals surface area contributed by atoms with E-state index in [1.54, 1.807) is 25.2 Å². The summed E-state index contributed by atoms with van der Waals surface area (Å²) in [4.78, 5) is 20.8. The molecule has 172 valence electrons. The summed E-state index contributed by atoms with van der Waals surface area (Å²) in [5, 5.41) is 6.16. The molecule has 3 rings (SSSR count). The molecule has 0 aliphatic carbocycles. The van der Waals surface area contributed by atoms with Gasteiger partial charge in [-0.15, -0.1) is 0 Å². The maximum atomic E-state index is 12.6. The number of hydrogen-bond acceptors (Lipinski definition) is 4. The van der Waals surface area contributed by atoms with Crippen LogP contribution >= 0.6 is 0 Å². The van der Waals surface area contributed by atoms with Crippen LogP contribution < -0.4 is 20.3 Å². The molecule has 0 spiro atoms. The van der Waals surface area contributed by atoms with Gasteiger partial charge in [-0.2, -0.15) is 8.78 Å². The third kappa shape index (κ3) is 6.83. The molecule has 32 heavy (non-hydrogen) atoms. The molecule has 2 N–H and O–H groups in total. The standard InChI is InChI=1S/C23H29F2N5O2/c1-26-23(28-17-18-7-5-6-10-20(18)32-22(24)25)27-12-11-21(31)30-15-13-29(14-16-30)19-8-3-2-4-9-19/h2-10,22H,11-17H2,1H3,(H2,26,27,28). The van der Waals surface area contributed by atoms with Gasteiger partial charge in [0.2, 0.25) is 5.91 Å². The van der Waals surface area contributed by atoms with Crippen molar-refractivity contribution in [1.82, 2.24) is 15.5 Å². The Balaban J connectivity index is 1.39. The Morgan fingerprint density at radius 2 is 1.72 bits per heavy atom. The molecule has 2 aromatic rings. The first-order chi connectivity index (χ1) is 15.6. The SMILES string of the molecule is CN=C(NCCC(=O)N1CCN(c2ccccc2)CC1)NCc1ccccc1OC(F)F. The molecule has 0 aromatic heterocycles. The summed E-state index contributed by atoms with van der Waals surface area (Å²) in [7, 11) is 1.61. The summed E-state index contributed by atoms with van der Waals surface area (Å²) < 4.78 is 29.6. The number of alkyl halides is 2. The molecule has 0 atom stereocenters. The van der Waals surface area contributed by atoms with Crippen LogP contribution in [0.3, 0.4) is 0 Å². The number of carbonyl (C=O) groups excluding carboxylic acids is 1. The number of benzene rings is 2. The van der Waals surface area contributed by atoms with Crippen molar-refractivity contribution in [3.63, 3.8) is 0 Å². The van der Waals surface area contributed by atoms with Gasteiger partial charge < -0.3 is 25.2 Å². The Hall–Kier alpha value is -3.36. The van der Waals surface area contributed by atoms with Crippen LogP contribution in [0.4, 0.5) is 14.5 Å². The smallest absolute Gasteiger partial charge is 0.387 e. The van der Waals surface area contributed by atoms with Crippen molar-refractivity contribution in [2.75, 3.05) is 44.7 Å². The second-order valence-electron chi connectivity index (χ2n) is 7.29. The number of anilines is 1. The number of ether oxygens (including phenoxy) is 1. The molecule has 0 bridgehead atoms. The molecule has 7 nitrogen and oxygen atoms in total. The summed E-state index contributed by atoms with van der Waals surface area (Å²) in [5.74, 6) is 0.699. The van der Waals surface area contributed by atoms with Crippen LogP contribution in [-0.4, -0.2) is 63.1 Å². The Kier molecular flexibility index (Phi) is 8.65. The van der Waals surface area contributed by atoms with Gasteiger partial charge in [-0.1, -0.05) is 36.4 Å². The van der Waals surface area contributed by atoms with Crippen molar-refractivity contribution < 1.29 is 18.3 Å². The predicted molar refractivity (Wildman–Crippen MR) is 121 cm³/mol. The van der Waals surface area contributed by atoms with E-state index in [1.165, 1.54) is 11.8 Å². The molecule has 0 radical (unpaired) electrons. The van der Waals surface area contributed by atoms with E-state index in [0.29, 0.717) is 37.6 Å². The average Bonchev–Trinajstić information content (AvgIpc) is 2.82. The minimum Gasteiger partial charge on any atom is -0.434 e. The monoisotopic (exact) mass is 445 g/mol. The molecule has 1 heterocycles. The molecule has 0 saturated carbocycles. The predicted octanol–water partition coefficient (Wildman–Crippen LogP) is 2.69. The van der Waals surface area contributed by atoms with E-state index in [1.807, 2.05) is 23.1 Å². The first kappa shape index (κ1) is 23.3. The summed E-state index contributed by atoms with van der Waals surface area (Å²) in [5.41, 5.74) is 1.76. The van der Waals surface area contributed by atoms with Crippen molar-refractivity contribution in [3.05, 3.63) is 60.2 Å². The number of para-hydroxylation sites is 2. The topological polar surface area (TPSA) is 69.2 Å². The largest absolute Gasteiger partial charge is 0.434 e. The van der Waals surface area contributed by atoms with Gasteiger partial charge in [-0.25, -0.2) is 0 Å². The molecule has 2 aromatic carbocycles. The fourth-order valence-corrected chi connectivity index (χ4v) is 3.56. The number of nitrogens with one attached hydrogen (secondary N) is 2. The van der Waals surface area contributed by atoms with Crippen molar-refractivity contribution in [3.8, 4) is 5.75 Å². The summed E-state index contributed by atoms with van der Waals surface area (Å²) in [6.45, 7) is 0.821. The number of hydrogen-bond donors (Lipinski definition) is 2. The highest BCUT2D eigenvalue weighted by Gasteiger charge is 2.21. The van der Waals surface area contributed by atoms with Gasteiger partial charge in [0, 0.05) is 64.0 Å². The molecular weight excluding hydrogens is 416 g/mol. The molecule has 9 heteroatoms. The Bertz CT molecular complexity index is 887. The number of guanidine groups is 1. The van der Waals surface area contributed by atoms with Crippen LogP contribution in [0.2, 0.25) is 0 Å². The zero-order chi connectivity index (χ0) is 22.8. The third-order valence-corrected chi connectivity index (χ3v) is 5.24. The van der Waals surface area contributed by atoms with E-state index < -0.39 is 6.61 Å². The minimum atomic E-state index is -2.88. The highest BCUT2D eigenvalue weighted by atomic mass is 19.3. The number of carbonyl (C=O) groups is 1. The molecule has 1 saturated heterocycles. The first-order valence-electron chi connectivity index (χ1n) is 10.6. The minimum absolute atomic E-state index is 0.0938. The van der Waals surface area contributed by atoms with Crippen molar-refractivity contribution in [2.45, 2.75) is 19.6 Å². The van der Waals surface area contributed by atoms with Gasteiger partial charge in [0.05, 0.1) is 0 Å². The second kappa shape index (κ2) is 11.9. The summed E-state index contributed by atoms with van der Waals surface area (Å²) in [6.07, 6.45) is 0.344. The maximum Gasteiger partial charge on any atom is 0.387 e. The third-order valence-electron chi connectivity index (χ3n) is 5.24. The zero-order valence-electron chi connectivity index (χ0n) is 18.1. The van der Waals surface area contributed by atoms with Crippen LogP contribution in [0.25, 0.3) is 0 Å². The van der Waals surface area contributed by atoms with Gasteiger partial charge in [0.25, 0.3) is 0 Å². The first-order valence-corrected chi connectivity index (χ1v) is 10.6. The van der Waals surface area contributed by atoms with E-state index >= 15 is 0 Å². The molecule has 1 fully saturated rings. The van der Waals surface area contributed by atoms with Crippen LogP contribution in [0.5, 0.6) is 5.75 Å². The highest BCUT2D eigenvalue weighted by Crippen LogP contribution is 2.20. The lowest BCUT2D eigenvalue weighted by Crippen LogP contribution is -2.49. The van der Waals surface area contributed by atoms with Crippen LogP contribution in [0.15, 0.2) is 59.6 Å². The Morgan fingerprint density at radius 3 is 2.41 bits per heavy atom. The maximum absolute atomic E-state index is 12.6. The molecule has 1 amide bonds. The summed E-state index contributed by atoms with van der Waals surface area (Å²) >= 11 is 0. The van der Waals surface area contributed by atoms with E-state index in [2.05, 4.69) is 37.4 Å². The molecule has 1 aliphatic rings. The van der Waals surface area contributed by atoms with Gasteiger partial charge in [0.15, 0.2) is 5.96 Å². The lowest BCUT2D eigenvalue weighted by Gasteiger charge is -2.36. The van der Waals surface area contributed by atoms with E-state index in [9.17, 15) is 13.6 Å². The lowest BCUT2D eigenvalue weighted by atomic mass is 10.2. The number of aliphatic imine (C=N–C) groups is 1. The number of halogens is 2. The van der Waals surface area contributed by atoms with E-state index in [4.69, 9.17) is 0 Å². The zero-order valence-corrected chi connectivity index (χ0v) is 18.1. The lowest BCUT2D eigenvalue weighted by molar-refractivity contribution is -0.131. The van der Waals surface area contributed by atoms with Crippen LogP contribution in [-0.2, 0) is 11.3 Å². The fraction of sp³-hybridized carbons (Fsp3) is 0.391. The van der Waals surface area contributed by atoms with E-state index in [-0.39, 0.29) is 18.2 Å². The quantitative estimate of drug-likeness (QED) is 0.483. The van der Waals surface area contributed by atoms with Gasteiger partial charge in [-0.3, -0.25) is 9.79 Å². The Morgan fingerprint density at radius 1 is 1.03 bits per heavy atom. The molecule has 0 unspecified atom stereocenters. The van der Waals surface area contributed by atoms with Gasteiger partial charge in [0.1, 0.15) is 5.75 Å². The molecular formula is C23H29F2N5O2. The molecule has 1 aliphatic heterocycles. The normalized spacial score (nSPS) is 14.4. The highest BCUT2D eigenvalue weighted by molar-refractivity contribution is 5.81. The number of rotatable bonds is 8. The summed E-state index contributed by atoms with van der Waals surface area (Å²) in [6, 6.07) is 16.8. The van der Waals surface area contributed by atoms with Gasteiger partial charge >= 0.3 is 6.61 Å².